The third-order valence-electron chi connectivity index (χ3n) is 2.75. The SMILES string of the molecule is Nc1ccccc1Oc1cccc(C(F)(F)F)c1C(F)(F)F. The first kappa shape index (κ1) is 16.0. The maximum atomic E-state index is 13.0. The molecule has 0 radical (unpaired) electrons. The number of benzene rings is 2. The van der Waals surface area contributed by atoms with Crippen LogP contribution in [0.4, 0.5) is 32.0 Å². The van der Waals surface area contributed by atoms with Gasteiger partial charge in [-0.25, -0.2) is 0 Å². The van der Waals surface area contributed by atoms with E-state index in [1.54, 1.807) is 0 Å². The topological polar surface area (TPSA) is 35.2 Å². The number of rotatable bonds is 2. The van der Waals surface area contributed by atoms with Crippen LogP contribution in [0.15, 0.2) is 42.5 Å². The number of hydrogen-bond donors (Lipinski definition) is 1. The molecule has 0 heterocycles. The van der Waals surface area contributed by atoms with Crippen LogP contribution in [0.5, 0.6) is 11.5 Å². The van der Waals surface area contributed by atoms with Crippen LogP contribution in [0.1, 0.15) is 11.1 Å². The number of para-hydroxylation sites is 2. The van der Waals surface area contributed by atoms with E-state index >= 15 is 0 Å². The van der Waals surface area contributed by atoms with Gasteiger partial charge in [0.2, 0.25) is 0 Å². The van der Waals surface area contributed by atoms with E-state index in [0.717, 1.165) is 12.1 Å². The Labute approximate surface area is 121 Å². The van der Waals surface area contributed by atoms with Gasteiger partial charge in [-0.3, -0.25) is 0 Å². The van der Waals surface area contributed by atoms with Crippen molar-refractivity contribution < 1.29 is 31.1 Å². The molecule has 0 aliphatic rings. The van der Waals surface area contributed by atoms with Crippen molar-refractivity contribution in [2.45, 2.75) is 12.4 Å². The maximum absolute atomic E-state index is 13.0. The fourth-order valence-electron chi connectivity index (χ4n) is 1.84. The lowest BCUT2D eigenvalue weighted by atomic mass is 10.1. The Morgan fingerprint density at radius 1 is 0.727 bits per heavy atom. The minimum absolute atomic E-state index is 0.00744. The van der Waals surface area contributed by atoms with Crippen molar-refractivity contribution in [3.8, 4) is 11.5 Å². The third kappa shape index (κ3) is 3.26. The molecule has 0 aliphatic heterocycles. The van der Waals surface area contributed by atoms with Gasteiger partial charge in [0.1, 0.15) is 17.1 Å². The highest BCUT2D eigenvalue weighted by Crippen LogP contribution is 2.46. The molecule has 0 aromatic heterocycles. The van der Waals surface area contributed by atoms with E-state index in [2.05, 4.69) is 0 Å². The molecule has 0 atom stereocenters. The second kappa shape index (κ2) is 5.43. The van der Waals surface area contributed by atoms with E-state index in [1.165, 1.54) is 24.3 Å². The summed E-state index contributed by atoms with van der Waals surface area (Å²) in [6, 6.07) is 7.57. The average molecular weight is 321 g/mol. The van der Waals surface area contributed by atoms with Crippen molar-refractivity contribution in [3.63, 3.8) is 0 Å². The van der Waals surface area contributed by atoms with Gasteiger partial charge < -0.3 is 10.5 Å². The lowest BCUT2D eigenvalue weighted by molar-refractivity contribution is -0.162. The van der Waals surface area contributed by atoms with Gasteiger partial charge in [0.25, 0.3) is 0 Å². The zero-order chi connectivity index (χ0) is 16.5. The predicted molar refractivity (Wildman–Crippen MR) is 67.4 cm³/mol. The van der Waals surface area contributed by atoms with Crippen molar-refractivity contribution in [2.24, 2.45) is 0 Å². The molecule has 8 heteroatoms. The van der Waals surface area contributed by atoms with Crippen molar-refractivity contribution in [1.82, 2.24) is 0 Å². The maximum Gasteiger partial charge on any atom is 0.420 e. The molecule has 22 heavy (non-hydrogen) atoms. The minimum atomic E-state index is -5.23. The monoisotopic (exact) mass is 321 g/mol. The number of halogens is 6. The van der Waals surface area contributed by atoms with Gasteiger partial charge in [0.15, 0.2) is 0 Å². The van der Waals surface area contributed by atoms with Crippen LogP contribution >= 0.6 is 0 Å². The molecule has 0 spiro atoms. The molecule has 2 N–H and O–H groups in total. The molecule has 0 aliphatic carbocycles. The molecule has 0 saturated heterocycles. The molecule has 118 valence electrons. The van der Waals surface area contributed by atoms with Crippen LogP contribution in [0.2, 0.25) is 0 Å². The smallest absolute Gasteiger partial charge is 0.420 e. The molecule has 2 aromatic carbocycles. The summed E-state index contributed by atoms with van der Waals surface area (Å²) in [5, 5.41) is 0. The van der Waals surface area contributed by atoms with Crippen LogP contribution < -0.4 is 10.5 Å². The molecule has 2 aromatic rings. The molecule has 2 rings (SSSR count). The molecule has 2 nitrogen and oxygen atoms in total. The van der Waals surface area contributed by atoms with Gasteiger partial charge in [-0.1, -0.05) is 18.2 Å². The van der Waals surface area contributed by atoms with E-state index in [0.29, 0.717) is 6.07 Å². The molecule has 0 bridgehead atoms. The normalized spacial score (nSPS) is 12.3. The van der Waals surface area contributed by atoms with E-state index < -0.39 is 29.2 Å². The number of nitrogen functional groups attached to an aromatic ring is 1. The van der Waals surface area contributed by atoms with E-state index in [9.17, 15) is 26.3 Å². The second-order valence-electron chi connectivity index (χ2n) is 4.31. The fourth-order valence-corrected chi connectivity index (χ4v) is 1.84. The van der Waals surface area contributed by atoms with Gasteiger partial charge in [-0.15, -0.1) is 0 Å². The van der Waals surface area contributed by atoms with Crippen molar-refractivity contribution >= 4 is 5.69 Å². The predicted octanol–water partition coefficient (Wildman–Crippen LogP) is 5.10. The van der Waals surface area contributed by atoms with E-state index in [-0.39, 0.29) is 11.4 Å². The Morgan fingerprint density at radius 2 is 1.32 bits per heavy atom. The summed E-state index contributed by atoms with van der Waals surface area (Å²) in [6.07, 6.45) is -10.4. The molecule has 0 saturated carbocycles. The van der Waals surface area contributed by atoms with E-state index in [4.69, 9.17) is 10.5 Å². The molecule has 0 unspecified atom stereocenters. The lowest BCUT2D eigenvalue weighted by Crippen LogP contribution is -2.17. The first-order chi connectivity index (χ1) is 10.1. The molecule has 0 fully saturated rings. The van der Waals surface area contributed by atoms with Crippen LogP contribution in [-0.4, -0.2) is 0 Å². The minimum Gasteiger partial charge on any atom is -0.455 e. The van der Waals surface area contributed by atoms with Crippen LogP contribution in [0.3, 0.4) is 0 Å². The number of alkyl halides is 6. The highest BCUT2D eigenvalue weighted by atomic mass is 19.4. The van der Waals surface area contributed by atoms with Crippen LogP contribution in [0.25, 0.3) is 0 Å². The summed E-state index contributed by atoms with van der Waals surface area (Å²) < 4.78 is 82.4. The Hall–Kier alpha value is -2.38. The third-order valence-corrected chi connectivity index (χ3v) is 2.75. The molecular formula is C14H9F6NO. The van der Waals surface area contributed by atoms with E-state index in [1.807, 2.05) is 0 Å². The second-order valence-corrected chi connectivity index (χ2v) is 4.31. The largest absolute Gasteiger partial charge is 0.455 e. The highest BCUT2D eigenvalue weighted by Gasteiger charge is 2.45. The Balaban J connectivity index is 2.59. The number of hydrogen-bond acceptors (Lipinski definition) is 2. The first-order valence-electron chi connectivity index (χ1n) is 5.90. The summed E-state index contributed by atoms with van der Waals surface area (Å²) in [5.74, 6) is -1.12. The van der Waals surface area contributed by atoms with Crippen LogP contribution in [0, 0.1) is 0 Å². The van der Waals surface area contributed by atoms with Gasteiger partial charge in [0, 0.05) is 0 Å². The summed E-state index contributed by atoms with van der Waals surface area (Å²) >= 11 is 0. The van der Waals surface area contributed by atoms with Gasteiger partial charge in [0.05, 0.1) is 11.3 Å². The van der Waals surface area contributed by atoms with Crippen molar-refractivity contribution in [2.75, 3.05) is 5.73 Å². The summed E-state index contributed by atoms with van der Waals surface area (Å²) in [5.41, 5.74) is 1.83. The highest BCUT2D eigenvalue weighted by molar-refractivity contribution is 5.55. The van der Waals surface area contributed by atoms with Gasteiger partial charge in [-0.05, 0) is 24.3 Å². The van der Waals surface area contributed by atoms with Crippen molar-refractivity contribution in [3.05, 3.63) is 53.6 Å². The zero-order valence-electron chi connectivity index (χ0n) is 10.8. The average Bonchev–Trinajstić information content (AvgIpc) is 2.39. The number of nitrogens with two attached hydrogens (primary N) is 1. The fraction of sp³-hybridized carbons (Fsp3) is 0.143. The summed E-state index contributed by atoms with van der Waals surface area (Å²) in [6.45, 7) is 0. The number of ether oxygens (including phenoxy) is 1. The Kier molecular flexibility index (Phi) is 3.95. The first-order valence-corrected chi connectivity index (χ1v) is 5.90. The number of anilines is 1. The van der Waals surface area contributed by atoms with Crippen molar-refractivity contribution in [1.29, 1.82) is 0 Å². The Bertz CT molecular complexity index is 678. The Morgan fingerprint density at radius 3 is 1.86 bits per heavy atom. The van der Waals surface area contributed by atoms with Crippen LogP contribution in [-0.2, 0) is 12.4 Å². The quantitative estimate of drug-likeness (QED) is 0.617. The molecular weight excluding hydrogens is 312 g/mol. The van der Waals surface area contributed by atoms with Gasteiger partial charge in [-0.2, -0.15) is 26.3 Å². The molecule has 0 amide bonds. The summed E-state index contributed by atoms with van der Waals surface area (Å²) in [4.78, 5) is 0. The summed E-state index contributed by atoms with van der Waals surface area (Å²) in [7, 11) is 0. The standard InChI is InChI=1S/C14H9F6NO/c15-13(16,17)8-4-3-7-11(12(8)14(18,19)20)22-10-6-2-1-5-9(10)21/h1-7H,21H2. The van der Waals surface area contributed by atoms with Gasteiger partial charge >= 0.3 is 12.4 Å². The lowest BCUT2D eigenvalue weighted by Gasteiger charge is -2.19. The zero-order valence-corrected chi connectivity index (χ0v) is 10.8.